The molecule has 3 amide bonds. The highest BCUT2D eigenvalue weighted by Gasteiger charge is 2.35. The van der Waals surface area contributed by atoms with Crippen LogP contribution in [-0.2, 0) is 9.53 Å². The predicted molar refractivity (Wildman–Crippen MR) is 105 cm³/mol. The van der Waals surface area contributed by atoms with Gasteiger partial charge in [-0.25, -0.2) is 9.59 Å². The summed E-state index contributed by atoms with van der Waals surface area (Å²) in [5.41, 5.74) is -0.634. The summed E-state index contributed by atoms with van der Waals surface area (Å²) in [7, 11) is 0. The summed E-state index contributed by atoms with van der Waals surface area (Å²) in [4.78, 5) is 37.9. The Hall–Kier alpha value is -1.99. The van der Waals surface area contributed by atoms with Gasteiger partial charge in [-0.1, -0.05) is 0 Å². The zero-order chi connectivity index (χ0) is 20.7. The summed E-state index contributed by atoms with van der Waals surface area (Å²) in [5.74, 6) is 1.13. The molecule has 0 unspecified atom stereocenters. The predicted octanol–water partition coefficient (Wildman–Crippen LogP) is 2.97. The SMILES string of the molecule is CC(C)(C)OC(=O)N[C@@H](CCCCNC(=O)O)C(=O)N(CC1CC1)CC1CC1. The second-order valence-corrected chi connectivity index (χ2v) is 9.06. The first-order valence-corrected chi connectivity index (χ1v) is 10.4. The van der Waals surface area contributed by atoms with Gasteiger partial charge in [0.25, 0.3) is 0 Å². The zero-order valence-corrected chi connectivity index (χ0v) is 17.3. The van der Waals surface area contributed by atoms with Crippen molar-refractivity contribution in [3.8, 4) is 0 Å². The van der Waals surface area contributed by atoms with E-state index < -0.39 is 23.8 Å². The number of nitrogens with zero attached hydrogens (tertiary/aromatic N) is 1. The lowest BCUT2D eigenvalue weighted by Gasteiger charge is -2.29. The van der Waals surface area contributed by atoms with Crippen molar-refractivity contribution >= 4 is 18.1 Å². The number of nitrogens with one attached hydrogen (secondary N) is 2. The summed E-state index contributed by atoms with van der Waals surface area (Å²) in [6, 6.07) is -0.642. The molecule has 0 heterocycles. The molecule has 2 fully saturated rings. The molecule has 1 atom stereocenters. The molecule has 3 N–H and O–H groups in total. The van der Waals surface area contributed by atoms with Crippen LogP contribution in [0.3, 0.4) is 0 Å². The van der Waals surface area contributed by atoms with E-state index in [9.17, 15) is 14.4 Å². The highest BCUT2D eigenvalue weighted by Crippen LogP contribution is 2.34. The van der Waals surface area contributed by atoms with Gasteiger partial charge in [-0.15, -0.1) is 0 Å². The lowest BCUT2D eigenvalue weighted by atomic mass is 10.1. The molecular formula is C20H35N3O5. The van der Waals surface area contributed by atoms with Gasteiger partial charge in [0.15, 0.2) is 0 Å². The number of carboxylic acid groups (broad SMARTS) is 1. The number of rotatable bonds is 11. The molecule has 0 bridgehead atoms. The Balaban J connectivity index is 1.93. The molecule has 0 radical (unpaired) electrons. The van der Waals surface area contributed by atoms with Gasteiger partial charge >= 0.3 is 12.2 Å². The van der Waals surface area contributed by atoms with Crippen LogP contribution in [0.25, 0.3) is 0 Å². The van der Waals surface area contributed by atoms with Crippen molar-refractivity contribution < 1.29 is 24.2 Å². The highest BCUT2D eigenvalue weighted by molar-refractivity contribution is 5.85. The number of alkyl carbamates (subject to hydrolysis) is 1. The van der Waals surface area contributed by atoms with E-state index in [-0.39, 0.29) is 5.91 Å². The van der Waals surface area contributed by atoms with Crippen molar-refractivity contribution in [2.75, 3.05) is 19.6 Å². The van der Waals surface area contributed by atoms with Gasteiger partial charge in [0, 0.05) is 19.6 Å². The van der Waals surface area contributed by atoms with Crippen LogP contribution < -0.4 is 10.6 Å². The topological polar surface area (TPSA) is 108 Å². The monoisotopic (exact) mass is 397 g/mol. The van der Waals surface area contributed by atoms with Gasteiger partial charge in [0.05, 0.1) is 0 Å². The van der Waals surface area contributed by atoms with Gasteiger partial charge in [0.1, 0.15) is 11.6 Å². The standard InChI is InChI=1S/C20H35N3O5/c1-20(2,3)28-19(27)22-16(6-4-5-11-21-18(25)26)17(24)23(12-14-7-8-14)13-15-9-10-15/h14-16,21H,4-13H2,1-3H3,(H,22,27)(H,25,26)/t16-/m0/s1. The van der Waals surface area contributed by atoms with Crippen molar-refractivity contribution in [1.82, 2.24) is 15.5 Å². The molecule has 0 aromatic rings. The number of carbonyl (C=O) groups is 3. The molecule has 2 rings (SSSR count). The van der Waals surface area contributed by atoms with E-state index in [1.54, 1.807) is 20.8 Å². The summed E-state index contributed by atoms with van der Waals surface area (Å²) >= 11 is 0. The third-order valence-corrected chi connectivity index (χ3v) is 4.85. The number of hydrogen-bond donors (Lipinski definition) is 3. The Morgan fingerprint density at radius 2 is 1.64 bits per heavy atom. The molecule has 2 aliphatic carbocycles. The fourth-order valence-corrected chi connectivity index (χ4v) is 3.08. The van der Waals surface area contributed by atoms with E-state index in [0.717, 1.165) is 13.1 Å². The van der Waals surface area contributed by atoms with E-state index in [1.165, 1.54) is 25.7 Å². The summed E-state index contributed by atoms with van der Waals surface area (Å²) in [5, 5.41) is 13.7. The molecule has 0 spiro atoms. The smallest absolute Gasteiger partial charge is 0.408 e. The first-order valence-electron chi connectivity index (χ1n) is 10.4. The van der Waals surface area contributed by atoms with Crippen LogP contribution in [0.15, 0.2) is 0 Å². The molecule has 0 aliphatic heterocycles. The van der Waals surface area contributed by atoms with Crippen molar-refractivity contribution in [1.29, 1.82) is 0 Å². The number of amides is 3. The molecule has 0 saturated heterocycles. The van der Waals surface area contributed by atoms with Crippen molar-refractivity contribution in [2.45, 2.75) is 77.4 Å². The lowest BCUT2D eigenvalue weighted by Crippen LogP contribution is -2.50. The van der Waals surface area contributed by atoms with E-state index in [0.29, 0.717) is 37.6 Å². The molecule has 0 aromatic heterocycles. The van der Waals surface area contributed by atoms with Crippen LogP contribution >= 0.6 is 0 Å². The van der Waals surface area contributed by atoms with E-state index in [4.69, 9.17) is 9.84 Å². The highest BCUT2D eigenvalue weighted by atomic mass is 16.6. The number of carbonyl (C=O) groups excluding carboxylic acids is 2. The van der Waals surface area contributed by atoms with Crippen LogP contribution in [0, 0.1) is 11.8 Å². The minimum atomic E-state index is -1.06. The van der Waals surface area contributed by atoms with E-state index in [2.05, 4.69) is 10.6 Å². The largest absolute Gasteiger partial charge is 0.465 e. The number of ether oxygens (including phenoxy) is 1. The molecule has 8 nitrogen and oxygen atoms in total. The molecule has 2 saturated carbocycles. The zero-order valence-electron chi connectivity index (χ0n) is 17.3. The van der Waals surface area contributed by atoms with Crippen molar-refractivity contribution in [3.05, 3.63) is 0 Å². The minimum absolute atomic E-state index is 0.0455. The second-order valence-electron chi connectivity index (χ2n) is 9.06. The van der Waals surface area contributed by atoms with Gasteiger partial charge in [-0.05, 0) is 77.6 Å². The molecule has 28 heavy (non-hydrogen) atoms. The second kappa shape index (κ2) is 9.98. The number of unbranched alkanes of at least 4 members (excludes halogenated alkanes) is 1. The summed E-state index contributed by atoms with van der Waals surface area (Å²) in [6.07, 6.45) is 4.72. The third-order valence-electron chi connectivity index (χ3n) is 4.85. The van der Waals surface area contributed by atoms with Crippen LogP contribution in [0.1, 0.15) is 65.7 Å². The average molecular weight is 398 g/mol. The number of hydrogen-bond acceptors (Lipinski definition) is 4. The van der Waals surface area contributed by atoms with Crippen LogP contribution in [0.5, 0.6) is 0 Å². The maximum absolute atomic E-state index is 13.2. The maximum Gasteiger partial charge on any atom is 0.408 e. The minimum Gasteiger partial charge on any atom is -0.465 e. The fourth-order valence-electron chi connectivity index (χ4n) is 3.08. The summed E-state index contributed by atoms with van der Waals surface area (Å²) < 4.78 is 5.33. The Bertz CT molecular complexity index is 539. The van der Waals surface area contributed by atoms with Crippen LogP contribution in [0.2, 0.25) is 0 Å². The quantitative estimate of drug-likeness (QED) is 0.465. The maximum atomic E-state index is 13.2. The fraction of sp³-hybridized carbons (Fsp3) is 0.850. The van der Waals surface area contributed by atoms with Crippen LogP contribution in [0.4, 0.5) is 9.59 Å². The average Bonchev–Trinajstić information content (AvgIpc) is 3.46. The first kappa shape index (κ1) is 22.3. The molecule has 2 aliphatic rings. The van der Waals surface area contributed by atoms with Gasteiger partial charge in [-0.3, -0.25) is 4.79 Å². The van der Waals surface area contributed by atoms with Crippen molar-refractivity contribution in [3.63, 3.8) is 0 Å². The Morgan fingerprint density at radius 1 is 1.07 bits per heavy atom. The van der Waals surface area contributed by atoms with Crippen molar-refractivity contribution in [2.24, 2.45) is 11.8 Å². The van der Waals surface area contributed by atoms with E-state index >= 15 is 0 Å². The first-order chi connectivity index (χ1) is 13.1. The van der Waals surface area contributed by atoms with Gasteiger partial charge < -0.3 is 25.4 Å². The van der Waals surface area contributed by atoms with Crippen LogP contribution in [-0.4, -0.2) is 59.4 Å². The Kier molecular flexibility index (Phi) is 7.95. The lowest BCUT2D eigenvalue weighted by molar-refractivity contribution is -0.134. The Labute approximate surface area is 167 Å². The van der Waals surface area contributed by atoms with Gasteiger partial charge in [0.2, 0.25) is 5.91 Å². The third kappa shape index (κ3) is 9.28. The Morgan fingerprint density at radius 3 is 2.11 bits per heavy atom. The van der Waals surface area contributed by atoms with E-state index in [1.807, 2.05) is 4.90 Å². The molecule has 0 aromatic carbocycles. The molecule has 8 heteroatoms. The molecular weight excluding hydrogens is 362 g/mol. The molecule has 160 valence electrons. The normalized spacial score (nSPS) is 17.5. The van der Waals surface area contributed by atoms with Gasteiger partial charge in [-0.2, -0.15) is 0 Å². The summed E-state index contributed by atoms with van der Waals surface area (Å²) in [6.45, 7) is 7.22.